The molecule has 3 rings (SSSR count). The van der Waals surface area contributed by atoms with Gasteiger partial charge < -0.3 is 10.2 Å². The summed E-state index contributed by atoms with van der Waals surface area (Å²) in [5, 5.41) is 3.39. The molecule has 0 radical (unpaired) electrons. The molecule has 1 aromatic heterocycles. The molecule has 1 aromatic carbocycles. The predicted molar refractivity (Wildman–Crippen MR) is 100 cm³/mol. The Bertz CT molecular complexity index is 757. The van der Waals surface area contributed by atoms with Crippen LogP contribution in [0.1, 0.15) is 53.1 Å². The average Bonchev–Trinajstić information content (AvgIpc) is 3.15. The summed E-state index contributed by atoms with van der Waals surface area (Å²) >= 11 is 0. The van der Waals surface area contributed by atoms with E-state index in [0.29, 0.717) is 22.9 Å². The van der Waals surface area contributed by atoms with Crippen LogP contribution in [0.3, 0.4) is 0 Å². The molecule has 2 aromatic rings. The van der Waals surface area contributed by atoms with Gasteiger partial charge in [-0.2, -0.15) is 0 Å². The maximum Gasteiger partial charge on any atom is 0.170 e. The molecule has 0 aliphatic carbocycles. The van der Waals surface area contributed by atoms with Crippen molar-refractivity contribution < 1.29 is 9.18 Å². The second kappa shape index (κ2) is 8.36. The van der Waals surface area contributed by atoms with E-state index in [1.54, 1.807) is 19.1 Å². The Morgan fingerprint density at radius 2 is 1.92 bits per heavy atom. The van der Waals surface area contributed by atoms with E-state index in [-0.39, 0.29) is 11.7 Å². The van der Waals surface area contributed by atoms with Crippen molar-refractivity contribution >= 4 is 12.1 Å². The number of halogens is 1. The highest BCUT2D eigenvalue weighted by Crippen LogP contribution is 2.28. The first-order chi connectivity index (χ1) is 12.6. The van der Waals surface area contributed by atoms with Gasteiger partial charge >= 0.3 is 0 Å². The molecule has 5 nitrogen and oxygen atoms in total. The van der Waals surface area contributed by atoms with Crippen molar-refractivity contribution in [2.24, 2.45) is 0 Å². The topological polar surface area (TPSA) is 58.1 Å². The van der Waals surface area contributed by atoms with E-state index in [1.807, 2.05) is 6.92 Å². The van der Waals surface area contributed by atoms with Gasteiger partial charge in [-0.05, 0) is 50.6 Å². The first-order valence-corrected chi connectivity index (χ1v) is 9.14. The van der Waals surface area contributed by atoms with E-state index in [2.05, 4.69) is 20.2 Å². The van der Waals surface area contributed by atoms with Crippen LogP contribution in [0.4, 0.5) is 10.2 Å². The van der Waals surface area contributed by atoms with Gasteiger partial charge in [-0.1, -0.05) is 19.1 Å². The Labute approximate surface area is 153 Å². The maximum atomic E-state index is 13.2. The Hall–Kier alpha value is -2.34. The highest BCUT2D eigenvalue weighted by atomic mass is 19.1. The molecular weight excluding hydrogens is 331 g/mol. The molecular formula is C20H25FN4O. The van der Waals surface area contributed by atoms with E-state index < -0.39 is 0 Å². The minimum Gasteiger partial charge on any atom is -0.367 e. The van der Waals surface area contributed by atoms with Gasteiger partial charge in [0, 0.05) is 19.0 Å². The third-order valence-corrected chi connectivity index (χ3v) is 4.94. The minimum absolute atomic E-state index is 0.100. The molecule has 138 valence electrons. The zero-order valence-electron chi connectivity index (χ0n) is 15.3. The lowest BCUT2D eigenvalue weighted by atomic mass is 9.97. The van der Waals surface area contributed by atoms with E-state index >= 15 is 0 Å². The zero-order chi connectivity index (χ0) is 18.5. The lowest BCUT2D eigenvalue weighted by molar-refractivity contribution is 0.111. The Morgan fingerprint density at radius 1 is 1.23 bits per heavy atom. The number of nitrogens with zero attached hydrogens (tertiary/aromatic N) is 3. The summed E-state index contributed by atoms with van der Waals surface area (Å²) in [7, 11) is 0. The van der Waals surface area contributed by atoms with Gasteiger partial charge in [0.1, 0.15) is 17.3 Å². The minimum atomic E-state index is -0.270. The SMILES string of the molecule is Cc1nc(NCCN2CCCC2)c(C(C)c2ccc(F)cc2)nc1C=O. The zero-order valence-corrected chi connectivity index (χ0v) is 15.3. The summed E-state index contributed by atoms with van der Waals surface area (Å²) in [6.07, 6.45) is 3.26. The molecule has 1 saturated heterocycles. The number of aryl methyl sites for hydroxylation is 1. The van der Waals surface area contributed by atoms with Crippen molar-refractivity contribution in [3.63, 3.8) is 0 Å². The third-order valence-electron chi connectivity index (χ3n) is 4.94. The molecule has 6 heteroatoms. The Balaban J connectivity index is 1.83. The van der Waals surface area contributed by atoms with Crippen LogP contribution in [0.25, 0.3) is 0 Å². The van der Waals surface area contributed by atoms with Crippen LogP contribution >= 0.6 is 0 Å². The molecule has 1 aliphatic heterocycles. The van der Waals surface area contributed by atoms with Gasteiger partial charge in [-0.3, -0.25) is 4.79 Å². The van der Waals surface area contributed by atoms with Crippen molar-refractivity contribution in [1.29, 1.82) is 0 Å². The standard InChI is InChI=1S/C20H25FN4O/c1-14(16-5-7-17(21)8-6-16)19-20(23-15(2)18(13-26)24-19)22-9-12-25-10-3-4-11-25/h5-8,13-14H,3-4,9-12H2,1-2H3,(H,22,23). The van der Waals surface area contributed by atoms with Crippen LogP contribution in [-0.2, 0) is 0 Å². The summed E-state index contributed by atoms with van der Waals surface area (Å²) in [6, 6.07) is 6.37. The Kier molecular flexibility index (Phi) is 5.93. The summed E-state index contributed by atoms with van der Waals surface area (Å²) in [4.78, 5) is 22.8. The molecule has 0 spiro atoms. The van der Waals surface area contributed by atoms with Crippen molar-refractivity contribution in [3.05, 3.63) is 52.7 Å². The summed E-state index contributed by atoms with van der Waals surface area (Å²) in [6.45, 7) is 7.81. The number of aromatic nitrogens is 2. The molecule has 2 heterocycles. The lowest BCUT2D eigenvalue weighted by Gasteiger charge is -2.19. The van der Waals surface area contributed by atoms with Crippen molar-refractivity contribution in [2.45, 2.75) is 32.6 Å². The van der Waals surface area contributed by atoms with Crippen molar-refractivity contribution in [3.8, 4) is 0 Å². The van der Waals surface area contributed by atoms with Crippen LogP contribution in [0.5, 0.6) is 0 Å². The number of carbonyl (C=O) groups is 1. The monoisotopic (exact) mass is 356 g/mol. The number of benzene rings is 1. The highest BCUT2D eigenvalue weighted by Gasteiger charge is 2.19. The number of anilines is 1. The normalized spacial score (nSPS) is 15.8. The molecule has 0 amide bonds. The van der Waals surface area contributed by atoms with Gasteiger partial charge in [0.05, 0.1) is 11.4 Å². The number of likely N-dealkylation sites (tertiary alicyclic amines) is 1. The smallest absolute Gasteiger partial charge is 0.170 e. The second-order valence-electron chi connectivity index (χ2n) is 6.79. The third kappa shape index (κ3) is 4.25. The van der Waals surface area contributed by atoms with Gasteiger partial charge in [0.15, 0.2) is 6.29 Å². The molecule has 0 saturated carbocycles. The summed E-state index contributed by atoms with van der Waals surface area (Å²) < 4.78 is 13.2. The van der Waals surface area contributed by atoms with Crippen molar-refractivity contribution in [2.75, 3.05) is 31.5 Å². The molecule has 0 bridgehead atoms. The van der Waals surface area contributed by atoms with E-state index in [0.717, 1.165) is 38.0 Å². The largest absolute Gasteiger partial charge is 0.367 e. The van der Waals surface area contributed by atoms with E-state index in [9.17, 15) is 9.18 Å². The number of rotatable bonds is 7. The average molecular weight is 356 g/mol. The lowest BCUT2D eigenvalue weighted by Crippen LogP contribution is -2.26. The molecule has 1 fully saturated rings. The molecule has 1 unspecified atom stereocenters. The second-order valence-corrected chi connectivity index (χ2v) is 6.79. The molecule has 1 aliphatic rings. The number of hydrogen-bond donors (Lipinski definition) is 1. The highest BCUT2D eigenvalue weighted by molar-refractivity contribution is 5.74. The summed E-state index contributed by atoms with van der Waals surface area (Å²) in [5.41, 5.74) is 2.60. The van der Waals surface area contributed by atoms with Crippen LogP contribution in [-0.4, -0.2) is 47.3 Å². The number of carbonyl (C=O) groups excluding carboxylic acids is 1. The van der Waals surface area contributed by atoms with Gasteiger partial charge in [-0.15, -0.1) is 0 Å². The number of aldehydes is 1. The molecule has 26 heavy (non-hydrogen) atoms. The van der Waals surface area contributed by atoms with Crippen LogP contribution in [0.15, 0.2) is 24.3 Å². The fourth-order valence-electron chi connectivity index (χ4n) is 3.34. The van der Waals surface area contributed by atoms with Crippen LogP contribution in [0.2, 0.25) is 0 Å². The number of hydrogen-bond acceptors (Lipinski definition) is 5. The van der Waals surface area contributed by atoms with Crippen LogP contribution in [0, 0.1) is 12.7 Å². The van der Waals surface area contributed by atoms with Gasteiger partial charge in [0.25, 0.3) is 0 Å². The fraction of sp³-hybridized carbons (Fsp3) is 0.450. The molecule has 1 N–H and O–H groups in total. The van der Waals surface area contributed by atoms with Crippen LogP contribution < -0.4 is 5.32 Å². The van der Waals surface area contributed by atoms with E-state index in [1.165, 1.54) is 25.0 Å². The fourth-order valence-corrected chi connectivity index (χ4v) is 3.34. The van der Waals surface area contributed by atoms with Crippen molar-refractivity contribution in [1.82, 2.24) is 14.9 Å². The van der Waals surface area contributed by atoms with Gasteiger partial charge in [-0.25, -0.2) is 14.4 Å². The first-order valence-electron chi connectivity index (χ1n) is 9.14. The first kappa shape index (κ1) is 18.5. The Morgan fingerprint density at radius 3 is 2.58 bits per heavy atom. The number of nitrogens with one attached hydrogen (secondary N) is 1. The quantitative estimate of drug-likeness (QED) is 0.771. The predicted octanol–water partition coefficient (Wildman–Crippen LogP) is 3.40. The maximum absolute atomic E-state index is 13.2. The van der Waals surface area contributed by atoms with E-state index in [4.69, 9.17) is 0 Å². The van der Waals surface area contributed by atoms with Gasteiger partial charge in [0.2, 0.25) is 0 Å². The summed E-state index contributed by atoms with van der Waals surface area (Å²) in [5.74, 6) is 0.328. The molecule has 1 atom stereocenters.